The summed E-state index contributed by atoms with van der Waals surface area (Å²) in [6, 6.07) is -2.61. The summed E-state index contributed by atoms with van der Waals surface area (Å²) in [5, 5.41) is 135. The summed E-state index contributed by atoms with van der Waals surface area (Å²) in [6.07, 6.45) is 1.54. The third kappa shape index (κ3) is 23.9. The summed E-state index contributed by atoms with van der Waals surface area (Å²) in [7, 11) is 0. The number of carbonyl (C=O) groups excluding carboxylic acids is 2. The normalized spacial score (nSPS) is 30.9. The van der Waals surface area contributed by atoms with E-state index in [1.807, 2.05) is 6.08 Å². The Bertz CT molecular complexity index is 1680. The lowest BCUT2D eigenvalue weighted by molar-refractivity contribution is -0.386. The highest BCUT2D eigenvalue weighted by Gasteiger charge is 2.60. The SMILES string of the molecule is CCCCCCCCCCCCCCC/C=C/C(O)C(COC1OC(CO)C(OC2OC(CO)C(O)C(OC3(C(=O)O)CC(O)C(NC(C)=O)C(C(O)C(O)CO)O3)C2O)C(O)C1O)NC(=O)CCCCCCCCCCCC. The highest BCUT2D eigenvalue weighted by molar-refractivity contribution is 5.77. The molecule has 3 saturated heterocycles. The van der Waals surface area contributed by atoms with E-state index in [0.29, 0.717) is 12.8 Å². The smallest absolute Gasteiger partial charge is 0.364 e. The molecule has 0 spiro atoms. The van der Waals surface area contributed by atoms with Crippen molar-refractivity contribution in [3.8, 4) is 0 Å². The Morgan fingerprint density at radius 1 is 0.658 bits per heavy atom. The van der Waals surface area contributed by atoms with E-state index in [0.717, 1.165) is 51.9 Å². The number of carboxylic acid groups (broad SMARTS) is 1. The predicted molar refractivity (Wildman–Crippen MR) is 288 cm³/mol. The number of hydrogen-bond donors (Lipinski definition) is 14. The fraction of sp³-hybridized carbons (Fsp3) is 0.911. The minimum Gasteiger partial charge on any atom is -0.477 e. The number of allylic oxidation sites excluding steroid dienone is 1. The fourth-order valence-electron chi connectivity index (χ4n) is 10.4. The summed E-state index contributed by atoms with van der Waals surface area (Å²) in [5.74, 6) is -6.14. The van der Waals surface area contributed by atoms with Gasteiger partial charge in [-0.1, -0.05) is 161 Å². The first-order valence-corrected chi connectivity index (χ1v) is 29.6. The second-order valence-electron chi connectivity index (χ2n) is 21.9. The zero-order chi connectivity index (χ0) is 58.3. The third-order valence-electron chi connectivity index (χ3n) is 15.2. The summed E-state index contributed by atoms with van der Waals surface area (Å²) >= 11 is 0. The zero-order valence-corrected chi connectivity index (χ0v) is 47.2. The van der Waals surface area contributed by atoms with Crippen LogP contribution in [0, 0.1) is 0 Å². The maximum Gasteiger partial charge on any atom is 0.364 e. The highest BCUT2D eigenvalue weighted by atomic mass is 16.8. The molecule has 14 N–H and O–H groups in total. The van der Waals surface area contributed by atoms with Crippen molar-refractivity contribution in [2.45, 2.75) is 298 Å². The van der Waals surface area contributed by atoms with Crippen molar-refractivity contribution in [3.05, 3.63) is 12.2 Å². The first-order chi connectivity index (χ1) is 37.9. The Morgan fingerprint density at radius 2 is 1.18 bits per heavy atom. The van der Waals surface area contributed by atoms with Gasteiger partial charge in [-0.3, -0.25) is 9.59 Å². The van der Waals surface area contributed by atoms with E-state index in [9.17, 15) is 75.7 Å². The van der Waals surface area contributed by atoms with Crippen LogP contribution in [0.2, 0.25) is 0 Å². The molecule has 3 aliphatic rings. The lowest BCUT2D eigenvalue weighted by Crippen LogP contribution is -2.70. The molecule has 3 fully saturated rings. The van der Waals surface area contributed by atoms with Gasteiger partial charge in [0.05, 0.1) is 50.7 Å². The molecule has 0 aliphatic carbocycles. The van der Waals surface area contributed by atoms with Gasteiger partial charge < -0.3 is 100 Å². The van der Waals surface area contributed by atoms with Gasteiger partial charge in [0, 0.05) is 19.8 Å². The molecule has 18 unspecified atom stereocenters. The second-order valence-corrected chi connectivity index (χ2v) is 21.9. The molecule has 0 saturated carbocycles. The molecular weight excluding hydrogens is 1040 g/mol. The Hall–Kier alpha value is -2.53. The zero-order valence-electron chi connectivity index (χ0n) is 47.2. The van der Waals surface area contributed by atoms with E-state index in [1.165, 1.54) is 96.3 Å². The van der Waals surface area contributed by atoms with Crippen LogP contribution in [-0.2, 0) is 42.8 Å². The maximum absolute atomic E-state index is 13.3. The van der Waals surface area contributed by atoms with Gasteiger partial charge in [0.1, 0.15) is 67.1 Å². The van der Waals surface area contributed by atoms with Gasteiger partial charge >= 0.3 is 5.97 Å². The van der Waals surface area contributed by atoms with Crippen LogP contribution in [0.5, 0.6) is 0 Å². The molecule has 3 rings (SSSR count). The van der Waals surface area contributed by atoms with Crippen LogP contribution in [0.25, 0.3) is 0 Å². The summed E-state index contributed by atoms with van der Waals surface area (Å²) in [6.45, 7) is 2.07. The van der Waals surface area contributed by atoms with E-state index in [-0.39, 0.29) is 12.3 Å². The standard InChI is InChI=1S/C56H102N2O21/c1-4-6-8-10-12-14-16-17-18-19-20-21-23-25-27-29-38(63)37(58-43(66)30-28-26-24-22-15-13-11-9-7-5-2)35-74-53-48(70)47(69)50(42(34-61)76-53)77-54-49(71)52(46(68)41(33-60)75-54)79-56(55(72)73)31-39(64)44(57-36(3)62)51(78-56)45(67)40(65)32-59/h27,29,37-42,44-54,59-61,63-65,67-71H,4-26,28,30-35H2,1-3H3,(H,57,62)(H,58,66)(H,72,73)/b29-27+. The number of nitrogens with one attached hydrogen (secondary N) is 2. The van der Waals surface area contributed by atoms with Crippen LogP contribution < -0.4 is 10.6 Å². The molecule has 0 aromatic rings. The van der Waals surface area contributed by atoms with Crippen molar-refractivity contribution in [1.29, 1.82) is 0 Å². The fourth-order valence-corrected chi connectivity index (χ4v) is 10.4. The molecule has 2 amide bonds. The topological polar surface area (TPSA) is 373 Å². The van der Waals surface area contributed by atoms with Gasteiger partial charge in [-0.25, -0.2) is 4.79 Å². The number of aliphatic carboxylic acids is 1. The van der Waals surface area contributed by atoms with Gasteiger partial charge in [-0.05, 0) is 19.3 Å². The number of unbranched alkanes of at least 4 members (excludes halogenated alkanes) is 22. The summed E-state index contributed by atoms with van der Waals surface area (Å²) in [4.78, 5) is 38.3. The molecular formula is C56H102N2O21. The number of carboxylic acids is 1. The van der Waals surface area contributed by atoms with Crippen molar-refractivity contribution >= 4 is 17.8 Å². The largest absolute Gasteiger partial charge is 0.477 e. The number of ether oxygens (including phenoxy) is 6. The molecule has 3 aliphatic heterocycles. The average Bonchev–Trinajstić information content (AvgIpc) is 3.52. The molecule has 0 aromatic carbocycles. The predicted octanol–water partition coefficient (Wildman–Crippen LogP) is 2.00. The van der Waals surface area contributed by atoms with E-state index in [2.05, 4.69) is 24.5 Å². The first kappa shape index (κ1) is 70.7. The molecule has 0 radical (unpaired) electrons. The third-order valence-corrected chi connectivity index (χ3v) is 15.2. The first-order valence-electron chi connectivity index (χ1n) is 29.6. The van der Waals surface area contributed by atoms with Gasteiger partial charge in [0.25, 0.3) is 5.79 Å². The molecule has 0 bridgehead atoms. The number of aliphatic hydroxyl groups is 11. The minimum absolute atomic E-state index is 0.203. The van der Waals surface area contributed by atoms with E-state index >= 15 is 0 Å². The van der Waals surface area contributed by atoms with Crippen molar-refractivity contribution in [1.82, 2.24) is 10.6 Å². The lowest BCUT2D eigenvalue weighted by atomic mass is 9.88. The highest BCUT2D eigenvalue weighted by Crippen LogP contribution is 2.38. The molecule has 0 aromatic heterocycles. The molecule has 79 heavy (non-hydrogen) atoms. The van der Waals surface area contributed by atoms with E-state index < -0.39 is 155 Å². The van der Waals surface area contributed by atoms with Gasteiger partial charge in [0.2, 0.25) is 11.8 Å². The Balaban J connectivity index is 1.69. The van der Waals surface area contributed by atoms with Crippen LogP contribution in [0.15, 0.2) is 12.2 Å². The lowest BCUT2D eigenvalue weighted by Gasteiger charge is -2.50. The van der Waals surface area contributed by atoms with Crippen LogP contribution in [-0.4, -0.2) is 215 Å². The van der Waals surface area contributed by atoms with Gasteiger partial charge in [0.15, 0.2) is 12.6 Å². The Labute approximate surface area is 467 Å². The van der Waals surface area contributed by atoms with Crippen molar-refractivity contribution < 1.29 is 104 Å². The van der Waals surface area contributed by atoms with E-state index in [1.54, 1.807) is 6.08 Å². The Kier molecular flexibility index (Phi) is 35.0. The molecule has 23 heteroatoms. The molecule has 23 nitrogen and oxygen atoms in total. The molecule has 3 heterocycles. The van der Waals surface area contributed by atoms with Gasteiger partial charge in [-0.15, -0.1) is 0 Å². The van der Waals surface area contributed by atoms with Crippen LogP contribution in [0.1, 0.15) is 188 Å². The maximum atomic E-state index is 13.3. The van der Waals surface area contributed by atoms with E-state index in [4.69, 9.17) is 28.4 Å². The number of amides is 2. The number of carbonyl (C=O) groups is 3. The summed E-state index contributed by atoms with van der Waals surface area (Å²) < 4.78 is 34.6. The quantitative estimate of drug-likeness (QED) is 0.0307. The van der Waals surface area contributed by atoms with Crippen LogP contribution in [0.4, 0.5) is 0 Å². The van der Waals surface area contributed by atoms with Crippen LogP contribution >= 0.6 is 0 Å². The summed E-state index contributed by atoms with van der Waals surface area (Å²) in [5.41, 5.74) is 0. The van der Waals surface area contributed by atoms with Crippen molar-refractivity contribution in [2.75, 3.05) is 26.4 Å². The number of hydrogen-bond acceptors (Lipinski definition) is 20. The second kappa shape index (κ2) is 39.1. The molecule has 462 valence electrons. The van der Waals surface area contributed by atoms with Crippen LogP contribution in [0.3, 0.4) is 0 Å². The van der Waals surface area contributed by atoms with Crippen molar-refractivity contribution in [3.63, 3.8) is 0 Å². The van der Waals surface area contributed by atoms with Crippen molar-refractivity contribution in [2.24, 2.45) is 0 Å². The van der Waals surface area contributed by atoms with Gasteiger partial charge in [-0.2, -0.15) is 0 Å². The number of aliphatic hydroxyl groups excluding tert-OH is 11. The average molecular weight is 1140 g/mol. The Morgan fingerprint density at radius 3 is 1.68 bits per heavy atom. The monoisotopic (exact) mass is 1140 g/mol. The number of rotatable bonds is 42. The molecule has 18 atom stereocenters. The minimum atomic E-state index is -3.08.